The number of benzene rings is 2. The van der Waals surface area contributed by atoms with Crippen molar-refractivity contribution in [3.05, 3.63) is 42.0 Å². The lowest BCUT2D eigenvalue weighted by atomic mass is 10.0. The van der Waals surface area contributed by atoms with Crippen LogP contribution in [0.25, 0.3) is 10.8 Å². The highest BCUT2D eigenvalue weighted by Gasteiger charge is 2.20. The molecule has 3 N–H and O–H groups in total. The minimum Gasteiger partial charge on any atom is -0.496 e. The third-order valence-electron chi connectivity index (χ3n) is 3.64. The van der Waals surface area contributed by atoms with Crippen LogP contribution in [0.4, 0.5) is 0 Å². The zero-order valence-corrected chi connectivity index (χ0v) is 16.4. The highest BCUT2D eigenvalue weighted by Crippen LogP contribution is 2.30. The number of hydrogen-bond donors (Lipinski definition) is 3. The summed E-state index contributed by atoms with van der Waals surface area (Å²) < 4.78 is 5.42. The first-order valence-electron chi connectivity index (χ1n) is 7.53. The first kappa shape index (κ1) is 19.6. The van der Waals surface area contributed by atoms with Crippen molar-refractivity contribution in [2.24, 2.45) is 0 Å². The molecule has 2 aromatic rings. The van der Waals surface area contributed by atoms with Crippen LogP contribution in [0.3, 0.4) is 0 Å². The number of carboxylic acid groups (broad SMARTS) is 1. The molecule has 1 atom stereocenters. The third kappa shape index (κ3) is 4.87. The fourth-order valence-electron chi connectivity index (χ4n) is 2.46. The van der Waals surface area contributed by atoms with Gasteiger partial charge in [0.25, 0.3) is 0 Å². The summed E-state index contributed by atoms with van der Waals surface area (Å²) in [5.41, 5.74) is 1.02. The van der Waals surface area contributed by atoms with E-state index in [1.807, 2.05) is 36.4 Å². The number of methoxy groups -OCH3 is 1. The Kier molecular flexibility index (Phi) is 7.10. The quantitative estimate of drug-likeness (QED) is 0.207. The molecule has 6 nitrogen and oxygen atoms in total. The molecule has 0 aliphatic rings. The number of alkyl halides is 1. The second-order valence-corrected chi connectivity index (χ2v) is 7.04. The molecule has 134 valence electrons. The maximum absolute atomic E-state index is 10.8. The molecular weight excluding hydrogens is 406 g/mol. The molecule has 0 spiro atoms. The van der Waals surface area contributed by atoms with Gasteiger partial charge < -0.3 is 14.7 Å². The summed E-state index contributed by atoms with van der Waals surface area (Å²) in [5, 5.41) is 22.1. The molecule has 0 heterocycles. The average molecular weight is 426 g/mol. The molecule has 0 aliphatic carbocycles. The van der Waals surface area contributed by atoms with Crippen LogP contribution in [0.5, 0.6) is 5.75 Å². The van der Waals surface area contributed by atoms with Crippen LogP contribution in [-0.4, -0.2) is 46.1 Å². The molecule has 0 bridgehead atoms. The second-order valence-electron chi connectivity index (χ2n) is 5.21. The van der Waals surface area contributed by atoms with E-state index in [1.54, 1.807) is 19.1 Å². The van der Waals surface area contributed by atoms with Gasteiger partial charge in [-0.2, -0.15) is 0 Å². The Hall–Kier alpha value is -1.77. The fraction of sp³-hybridized carbons (Fsp3) is 0.294. The van der Waals surface area contributed by atoms with Gasteiger partial charge in [-0.05, 0) is 40.0 Å². The standard InChI is InChI=1S/C17H20BrN3O3S/c1-20-16(18)21(17(19)25-10-15(22)23)9-11-7-8-14(24-2)13-6-4-3-5-12(11)13/h3-8,16,19-20H,9-10H2,1-2H3,(H,22,23). The van der Waals surface area contributed by atoms with Crippen LogP contribution in [0.2, 0.25) is 0 Å². The van der Waals surface area contributed by atoms with Crippen molar-refractivity contribution in [1.82, 2.24) is 10.2 Å². The lowest BCUT2D eigenvalue weighted by Gasteiger charge is -2.29. The van der Waals surface area contributed by atoms with E-state index in [9.17, 15) is 4.79 Å². The Bertz CT molecular complexity index is 772. The SMILES string of the molecule is CNC(Br)N(Cc1ccc(OC)c2ccccc12)C(=N)SCC(=O)O. The molecule has 0 fully saturated rings. The van der Waals surface area contributed by atoms with Crippen LogP contribution in [-0.2, 0) is 11.3 Å². The number of rotatable bonds is 7. The molecule has 0 saturated heterocycles. The number of thioether (sulfide) groups is 1. The molecule has 2 rings (SSSR count). The minimum atomic E-state index is -0.944. The van der Waals surface area contributed by atoms with Crippen molar-refractivity contribution in [2.45, 2.75) is 11.6 Å². The number of amidine groups is 1. The van der Waals surface area contributed by atoms with Crippen molar-refractivity contribution >= 4 is 49.6 Å². The zero-order valence-electron chi connectivity index (χ0n) is 14.0. The summed E-state index contributed by atoms with van der Waals surface area (Å²) in [7, 11) is 3.41. The maximum atomic E-state index is 10.8. The number of nitrogens with one attached hydrogen (secondary N) is 2. The first-order valence-corrected chi connectivity index (χ1v) is 9.43. The predicted octanol–water partition coefficient (Wildman–Crippen LogP) is 3.30. The van der Waals surface area contributed by atoms with Gasteiger partial charge in [0.2, 0.25) is 0 Å². The lowest BCUT2D eigenvalue weighted by Crippen LogP contribution is -2.42. The van der Waals surface area contributed by atoms with Gasteiger partial charge in [0.15, 0.2) is 5.17 Å². The van der Waals surface area contributed by atoms with E-state index in [2.05, 4.69) is 21.2 Å². The van der Waals surface area contributed by atoms with Gasteiger partial charge >= 0.3 is 5.97 Å². The number of nitrogens with zero attached hydrogens (tertiary/aromatic N) is 1. The Labute approximate surface area is 159 Å². The molecule has 0 aromatic heterocycles. The van der Waals surface area contributed by atoms with Gasteiger partial charge in [0.1, 0.15) is 10.8 Å². The first-order chi connectivity index (χ1) is 12.0. The topological polar surface area (TPSA) is 85.7 Å². The molecule has 8 heteroatoms. The van der Waals surface area contributed by atoms with Crippen LogP contribution in [0.1, 0.15) is 5.56 Å². The highest BCUT2D eigenvalue weighted by molar-refractivity contribution is 9.09. The molecule has 1 unspecified atom stereocenters. The van der Waals surface area contributed by atoms with E-state index in [0.717, 1.165) is 33.8 Å². The smallest absolute Gasteiger partial charge is 0.313 e. The Morgan fingerprint density at radius 2 is 2.04 bits per heavy atom. The van der Waals surface area contributed by atoms with E-state index in [4.69, 9.17) is 15.3 Å². The zero-order chi connectivity index (χ0) is 18.4. The highest BCUT2D eigenvalue weighted by atomic mass is 79.9. The predicted molar refractivity (Wildman–Crippen MR) is 106 cm³/mol. The van der Waals surface area contributed by atoms with Crippen molar-refractivity contribution < 1.29 is 14.6 Å². The van der Waals surface area contributed by atoms with Crippen LogP contribution < -0.4 is 10.1 Å². The molecular formula is C17H20BrN3O3S. The van der Waals surface area contributed by atoms with Crippen LogP contribution in [0, 0.1) is 5.41 Å². The Balaban J connectivity index is 2.34. The van der Waals surface area contributed by atoms with Crippen LogP contribution in [0.15, 0.2) is 36.4 Å². The number of halogens is 1. The monoisotopic (exact) mass is 425 g/mol. The molecule has 0 amide bonds. The van der Waals surface area contributed by atoms with Gasteiger partial charge in [0, 0.05) is 11.9 Å². The molecule has 0 aliphatic heterocycles. The maximum Gasteiger partial charge on any atom is 0.313 e. The van der Waals surface area contributed by atoms with Gasteiger partial charge in [-0.3, -0.25) is 15.5 Å². The summed E-state index contributed by atoms with van der Waals surface area (Å²) in [6.07, 6.45) is 0. The van der Waals surface area contributed by atoms with Crippen molar-refractivity contribution in [2.75, 3.05) is 19.9 Å². The van der Waals surface area contributed by atoms with Crippen molar-refractivity contribution in [1.29, 1.82) is 5.41 Å². The lowest BCUT2D eigenvalue weighted by molar-refractivity contribution is -0.133. The summed E-state index contributed by atoms with van der Waals surface area (Å²) >= 11 is 4.47. The van der Waals surface area contributed by atoms with Gasteiger partial charge in [-0.25, -0.2) is 0 Å². The largest absolute Gasteiger partial charge is 0.496 e. The van der Waals surface area contributed by atoms with E-state index in [1.165, 1.54) is 0 Å². The number of aliphatic carboxylic acids is 1. The van der Waals surface area contributed by atoms with Crippen molar-refractivity contribution in [3.63, 3.8) is 0 Å². The summed E-state index contributed by atoms with van der Waals surface area (Å²) in [5.74, 6) is -0.298. The van der Waals surface area contributed by atoms with Gasteiger partial charge in [-0.15, -0.1) is 0 Å². The summed E-state index contributed by atoms with van der Waals surface area (Å²) in [4.78, 5) is 12.6. The van der Waals surface area contributed by atoms with Gasteiger partial charge in [-0.1, -0.05) is 42.1 Å². The molecule has 0 saturated carbocycles. The van der Waals surface area contributed by atoms with E-state index in [-0.39, 0.29) is 16.0 Å². The second kappa shape index (κ2) is 9.07. The molecule has 0 radical (unpaired) electrons. The van der Waals surface area contributed by atoms with E-state index >= 15 is 0 Å². The summed E-state index contributed by atoms with van der Waals surface area (Å²) in [6.45, 7) is 0.451. The molecule has 25 heavy (non-hydrogen) atoms. The number of carbonyl (C=O) groups is 1. The molecule has 2 aromatic carbocycles. The fourth-order valence-corrected chi connectivity index (χ4v) is 3.54. The average Bonchev–Trinajstić information content (AvgIpc) is 2.63. The van der Waals surface area contributed by atoms with E-state index < -0.39 is 5.97 Å². The number of hydrogen-bond acceptors (Lipinski definition) is 5. The van der Waals surface area contributed by atoms with Crippen LogP contribution >= 0.6 is 27.7 Å². The van der Waals surface area contributed by atoms with Gasteiger partial charge in [0.05, 0.1) is 12.9 Å². The Morgan fingerprint density at radius 3 is 2.64 bits per heavy atom. The Morgan fingerprint density at radius 1 is 1.36 bits per heavy atom. The summed E-state index contributed by atoms with van der Waals surface area (Å²) in [6, 6.07) is 11.8. The number of carboxylic acids is 1. The third-order valence-corrected chi connectivity index (χ3v) is 5.49. The number of ether oxygens (including phenoxy) is 1. The number of fused-ring (bicyclic) bond motifs is 1. The van der Waals surface area contributed by atoms with E-state index in [0.29, 0.717) is 6.54 Å². The normalized spacial score (nSPS) is 12.0. The van der Waals surface area contributed by atoms with Crippen molar-refractivity contribution in [3.8, 4) is 5.75 Å². The minimum absolute atomic E-state index is 0.151.